The second kappa shape index (κ2) is 7.01. The first-order valence-electron chi connectivity index (χ1n) is 8.98. The van der Waals surface area contributed by atoms with Crippen molar-refractivity contribution in [1.29, 1.82) is 0 Å². The molecule has 1 aliphatic heterocycles. The van der Waals surface area contributed by atoms with E-state index in [0.29, 0.717) is 12.4 Å². The molecule has 1 N–H and O–H groups in total. The number of benzene rings is 1. The fourth-order valence-electron chi connectivity index (χ4n) is 3.58. The van der Waals surface area contributed by atoms with Gasteiger partial charge in [0.1, 0.15) is 0 Å². The van der Waals surface area contributed by atoms with E-state index in [-0.39, 0.29) is 11.8 Å². The first-order valence-corrected chi connectivity index (χ1v) is 8.98. The highest BCUT2D eigenvalue weighted by Crippen LogP contribution is 2.21. The average Bonchev–Trinajstić information content (AvgIpc) is 3.27. The Balaban J connectivity index is 1.38. The molecule has 7 nitrogen and oxygen atoms in total. The first kappa shape index (κ1) is 16.9. The predicted molar refractivity (Wildman–Crippen MR) is 98.0 cm³/mol. The van der Waals surface area contributed by atoms with Gasteiger partial charge < -0.3 is 9.51 Å². The number of aromatic nitrogens is 3. The summed E-state index contributed by atoms with van der Waals surface area (Å²) in [5.74, 6) is 1.49. The van der Waals surface area contributed by atoms with E-state index in [1.165, 1.54) is 0 Å². The summed E-state index contributed by atoms with van der Waals surface area (Å²) in [4.78, 5) is 25.0. The van der Waals surface area contributed by atoms with Gasteiger partial charge in [0.15, 0.2) is 11.6 Å². The van der Waals surface area contributed by atoms with Gasteiger partial charge in [-0.05, 0) is 13.0 Å². The molecule has 136 valence electrons. The fourth-order valence-corrected chi connectivity index (χ4v) is 3.58. The van der Waals surface area contributed by atoms with Crippen LogP contribution in [0.5, 0.6) is 0 Å². The lowest BCUT2D eigenvalue weighted by molar-refractivity contribution is 0.0682. The molecule has 0 spiro atoms. The number of Topliss-reactive ketones (excluding diaryl/α,β-unsaturated/α-hetero) is 1. The third-order valence-corrected chi connectivity index (χ3v) is 5.12. The van der Waals surface area contributed by atoms with Crippen molar-refractivity contribution in [2.75, 3.05) is 26.2 Å². The molecule has 4 rings (SSSR count). The monoisotopic (exact) mass is 353 g/mol. The Kier molecular flexibility index (Phi) is 4.57. The van der Waals surface area contributed by atoms with Crippen LogP contribution in [0.15, 0.2) is 35.0 Å². The van der Waals surface area contributed by atoms with Crippen LogP contribution in [-0.2, 0) is 6.54 Å². The number of H-pyrrole nitrogens is 1. The van der Waals surface area contributed by atoms with Crippen LogP contribution in [0.1, 0.15) is 29.0 Å². The molecule has 7 heteroatoms. The molecule has 0 saturated carbocycles. The number of piperazine rings is 1. The molecule has 1 unspecified atom stereocenters. The molecule has 0 amide bonds. The number of fused-ring (bicyclic) bond motifs is 1. The highest BCUT2D eigenvalue weighted by atomic mass is 16.5. The molecular weight excluding hydrogens is 330 g/mol. The van der Waals surface area contributed by atoms with Gasteiger partial charge in [0.25, 0.3) is 0 Å². The molecule has 2 aromatic heterocycles. The van der Waals surface area contributed by atoms with Crippen LogP contribution in [0, 0.1) is 6.92 Å². The Morgan fingerprint density at radius 2 is 2.04 bits per heavy atom. The van der Waals surface area contributed by atoms with Gasteiger partial charge in [-0.3, -0.25) is 14.6 Å². The van der Waals surface area contributed by atoms with Crippen LogP contribution in [0.25, 0.3) is 10.9 Å². The first-order chi connectivity index (χ1) is 12.6. The minimum absolute atomic E-state index is 0.135. The highest BCUT2D eigenvalue weighted by molar-refractivity contribution is 6.10. The number of rotatable bonds is 5. The van der Waals surface area contributed by atoms with Gasteiger partial charge in [-0.2, -0.15) is 4.98 Å². The van der Waals surface area contributed by atoms with Crippen LogP contribution in [0.2, 0.25) is 0 Å². The molecule has 1 aliphatic rings. The molecule has 0 bridgehead atoms. The zero-order chi connectivity index (χ0) is 18.1. The van der Waals surface area contributed by atoms with Crippen LogP contribution < -0.4 is 0 Å². The van der Waals surface area contributed by atoms with Gasteiger partial charge in [0.2, 0.25) is 5.89 Å². The van der Waals surface area contributed by atoms with Crippen molar-refractivity contribution < 1.29 is 9.32 Å². The minimum atomic E-state index is -0.135. The molecule has 26 heavy (non-hydrogen) atoms. The van der Waals surface area contributed by atoms with E-state index >= 15 is 0 Å². The summed E-state index contributed by atoms with van der Waals surface area (Å²) in [6.45, 7) is 7.97. The van der Waals surface area contributed by atoms with Crippen LogP contribution in [0.3, 0.4) is 0 Å². The minimum Gasteiger partial charge on any atom is -0.360 e. The number of hydrogen-bond donors (Lipinski definition) is 1. The quantitative estimate of drug-likeness (QED) is 0.709. The Labute approximate surface area is 152 Å². The van der Waals surface area contributed by atoms with Crippen molar-refractivity contribution in [3.8, 4) is 0 Å². The molecule has 1 aromatic carbocycles. The van der Waals surface area contributed by atoms with Gasteiger partial charge in [0.05, 0.1) is 12.6 Å². The van der Waals surface area contributed by atoms with E-state index in [0.717, 1.165) is 48.5 Å². The molecule has 1 saturated heterocycles. The second-order valence-electron chi connectivity index (χ2n) is 6.83. The number of carbonyl (C=O) groups excluding carboxylic acids is 1. The van der Waals surface area contributed by atoms with E-state index in [9.17, 15) is 4.79 Å². The maximum Gasteiger partial charge on any atom is 0.223 e. The molecular formula is C19H23N5O2. The third-order valence-electron chi connectivity index (χ3n) is 5.12. The van der Waals surface area contributed by atoms with Crippen molar-refractivity contribution in [3.05, 3.63) is 47.7 Å². The number of nitrogens with one attached hydrogen (secondary N) is 1. The van der Waals surface area contributed by atoms with Gasteiger partial charge in [-0.1, -0.05) is 23.4 Å². The van der Waals surface area contributed by atoms with Crippen molar-refractivity contribution in [3.63, 3.8) is 0 Å². The smallest absolute Gasteiger partial charge is 0.223 e. The number of aryl methyl sites for hydroxylation is 1. The number of hydrogen-bond acceptors (Lipinski definition) is 6. The molecule has 0 radical (unpaired) electrons. The highest BCUT2D eigenvalue weighted by Gasteiger charge is 2.28. The van der Waals surface area contributed by atoms with Crippen LogP contribution >= 0.6 is 0 Å². The van der Waals surface area contributed by atoms with E-state index in [1.807, 2.05) is 37.4 Å². The lowest BCUT2D eigenvalue weighted by atomic mass is 10.0. The summed E-state index contributed by atoms with van der Waals surface area (Å²) in [6.07, 6.45) is 1.83. The predicted octanol–water partition coefficient (Wildman–Crippen LogP) is 2.25. The number of nitrogens with zero attached hydrogens (tertiary/aromatic N) is 4. The van der Waals surface area contributed by atoms with Gasteiger partial charge in [0, 0.05) is 55.8 Å². The Morgan fingerprint density at radius 3 is 2.77 bits per heavy atom. The Morgan fingerprint density at radius 1 is 1.27 bits per heavy atom. The van der Waals surface area contributed by atoms with E-state index in [4.69, 9.17) is 4.52 Å². The van der Waals surface area contributed by atoms with Gasteiger partial charge in [-0.15, -0.1) is 0 Å². The zero-order valence-electron chi connectivity index (χ0n) is 15.1. The van der Waals surface area contributed by atoms with Crippen molar-refractivity contribution in [2.24, 2.45) is 0 Å². The Hall–Kier alpha value is -2.51. The molecule has 1 atom stereocenters. The number of carbonyl (C=O) groups is 1. The second-order valence-corrected chi connectivity index (χ2v) is 6.83. The topological polar surface area (TPSA) is 78.3 Å². The summed E-state index contributed by atoms with van der Waals surface area (Å²) >= 11 is 0. The van der Waals surface area contributed by atoms with Gasteiger partial charge >= 0.3 is 0 Å². The normalized spacial score (nSPS) is 17.6. The molecule has 0 aliphatic carbocycles. The molecule has 3 heterocycles. The van der Waals surface area contributed by atoms with E-state index < -0.39 is 0 Å². The number of para-hydroxylation sites is 1. The van der Waals surface area contributed by atoms with Crippen LogP contribution in [0.4, 0.5) is 0 Å². The summed E-state index contributed by atoms with van der Waals surface area (Å²) in [5.41, 5.74) is 1.78. The molecule has 3 aromatic rings. The number of aromatic amines is 1. The summed E-state index contributed by atoms with van der Waals surface area (Å²) in [7, 11) is 0. The summed E-state index contributed by atoms with van der Waals surface area (Å²) in [5, 5.41) is 4.95. The number of ketones is 1. The maximum absolute atomic E-state index is 13.0. The SMILES string of the molecule is Cc1nc(CN2CCN(C(C)C(=O)c3c[nH]c4ccccc34)CC2)no1. The standard InChI is InChI=1S/C19H23N5O2/c1-13(19(25)16-11-20-17-6-4-3-5-15(16)17)24-9-7-23(8-10-24)12-18-21-14(2)26-22-18/h3-6,11,13,20H,7-10,12H2,1-2H3. The fraction of sp³-hybridized carbons (Fsp3) is 0.421. The van der Waals surface area contributed by atoms with Gasteiger partial charge in [-0.25, -0.2) is 0 Å². The maximum atomic E-state index is 13.0. The summed E-state index contributed by atoms with van der Waals surface area (Å²) in [6, 6.07) is 7.80. The third kappa shape index (κ3) is 3.27. The average molecular weight is 353 g/mol. The van der Waals surface area contributed by atoms with Crippen molar-refractivity contribution in [1.82, 2.24) is 24.9 Å². The molecule has 1 fully saturated rings. The zero-order valence-corrected chi connectivity index (χ0v) is 15.1. The Bertz CT molecular complexity index is 907. The van der Waals surface area contributed by atoms with E-state index in [2.05, 4.69) is 24.9 Å². The summed E-state index contributed by atoms with van der Waals surface area (Å²) < 4.78 is 5.03. The lowest BCUT2D eigenvalue weighted by Gasteiger charge is -2.36. The largest absolute Gasteiger partial charge is 0.360 e. The van der Waals surface area contributed by atoms with E-state index in [1.54, 1.807) is 6.92 Å². The van der Waals surface area contributed by atoms with Crippen molar-refractivity contribution in [2.45, 2.75) is 26.4 Å². The van der Waals surface area contributed by atoms with Crippen molar-refractivity contribution >= 4 is 16.7 Å². The van der Waals surface area contributed by atoms with Crippen LogP contribution in [-0.4, -0.2) is 62.9 Å². The lowest BCUT2D eigenvalue weighted by Crippen LogP contribution is -2.51.